The summed E-state index contributed by atoms with van der Waals surface area (Å²) in [5.74, 6) is -0.0125. The SMILES string of the molecule is CCNS(=O)(=O)CCNC(=O)C1CCC(N)C(C)C1(C)C. The molecule has 1 fully saturated rings. The fourth-order valence-corrected chi connectivity index (χ4v) is 4.00. The maximum Gasteiger partial charge on any atom is 0.223 e. The zero-order chi connectivity index (χ0) is 16.3. The Kier molecular flexibility index (Phi) is 6.19. The molecule has 0 aliphatic heterocycles. The van der Waals surface area contributed by atoms with E-state index in [2.05, 4.69) is 30.8 Å². The molecule has 0 aromatic carbocycles. The molecule has 1 saturated carbocycles. The number of amides is 1. The predicted octanol–water partition coefficient (Wildman–Crippen LogP) is 0.442. The Morgan fingerprint density at radius 2 is 1.95 bits per heavy atom. The Labute approximate surface area is 128 Å². The number of sulfonamides is 1. The summed E-state index contributed by atoms with van der Waals surface area (Å²) in [7, 11) is -3.29. The van der Waals surface area contributed by atoms with E-state index in [-0.39, 0.29) is 41.5 Å². The molecule has 0 radical (unpaired) electrons. The third kappa shape index (κ3) is 4.66. The molecule has 7 heteroatoms. The second-order valence-corrected chi connectivity index (χ2v) is 8.44. The van der Waals surface area contributed by atoms with Gasteiger partial charge in [-0.25, -0.2) is 13.1 Å². The van der Waals surface area contributed by atoms with Crippen molar-refractivity contribution in [1.29, 1.82) is 0 Å². The van der Waals surface area contributed by atoms with Gasteiger partial charge in [0.1, 0.15) is 0 Å². The number of hydrogen-bond acceptors (Lipinski definition) is 4. The van der Waals surface area contributed by atoms with Gasteiger partial charge in [0.2, 0.25) is 15.9 Å². The largest absolute Gasteiger partial charge is 0.355 e. The van der Waals surface area contributed by atoms with E-state index in [0.29, 0.717) is 6.54 Å². The van der Waals surface area contributed by atoms with Gasteiger partial charge in [-0.05, 0) is 24.2 Å². The van der Waals surface area contributed by atoms with Crippen LogP contribution in [0.2, 0.25) is 0 Å². The van der Waals surface area contributed by atoms with E-state index in [4.69, 9.17) is 5.73 Å². The number of hydrogen-bond donors (Lipinski definition) is 3. The zero-order valence-corrected chi connectivity index (χ0v) is 14.3. The lowest BCUT2D eigenvalue weighted by atomic mass is 9.61. The van der Waals surface area contributed by atoms with Gasteiger partial charge >= 0.3 is 0 Å². The van der Waals surface area contributed by atoms with E-state index in [0.717, 1.165) is 12.8 Å². The first-order chi connectivity index (χ1) is 9.62. The van der Waals surface area contributed by atoms with Crippen molar-refractivity contribution in [3.05, 3.63) is 0 Å². The molecular formula is C14H29N3O3S. The maximum absolute atomic E-state index is 12.3. The Bertz CT molecular complexity index is 462. The lowest BCUT2D eigenvalue weighted by molar-refractivity contribution is -0.132. The van der Waals surface area contributed by atoms with E-state index in [1.165, 1.54) is 0 Å². The smallest absolute Gasteiger partial charge is 0.223 e. The number of rotatable bonds is 6. The Morgan fingerprint density at radius 1 is 1.33 bits per heavy atom. The minimum Gasteiger partial charge on any atom is -0.355 e. The van der Waals surface area contributed by atoms with Gasteiger partial charge in [-0.3, -0.25) is 4.79 Å². The fraction of sp³-hybridized carbons (Fsp3) is 0.929. The molecule has 0 aromatic heterocycles. The summed E-state index contributed by atoms with van der Waals surface area (Å²) in [5, 5.41) is 2.76. The highest BCUT2D eigenvalue weighted by molar-refractivity contribution is 7.89. The first kappa shape index (κ1) is 18.4. The van der Waals surface area contributed by atoms with Crippen molar-refractivity contribution in [3.63, 3.8) is 0 Å². The van der Waals surface area contributed by atoms with Crippen LogP contribution in [0.1, 0.15) is 40.5 Å². The Hall–Kier alpha value is -0.660. The molecule has 3 unspecified atom stereocenters. The van der Waals surface area contributed by atoms with E-state index >= 15 is 0 Å². The minimum atomic E-state index is -3.29. The van der Waals surface area contributed by atoms with Crippen LogP contribution in [-0.4, -0.2) is 39.2 Å². The van der Waals surface area contributed by atoms with Gasteiger partial charge in [0, 0.05) is 25.0 Å². The van der Waals surface area contributed by atoms with Gasteiger partial charge in [0.25, 0.3) is 0 Å². The van der Waals surface area contributed by atoms with Gasteiger partial charge in [0.15, 0.2) is 0 Å². The second-order valence-electron chi connectivity index (χ2n) is 6.51. The lowest BCUT2D eigenvalue weighted by Crippen LogP contribution is -2.52. The first-order valence-corrected chi connectivity index (χ1v) is 9.27. The molecule has 4 N–H and O–H groups in total. The summed E-state index contributed by atoms with van der Waals surface area (Å²) >= 11 is 0. The number of carbonyl (C=O) groups excluding carboxylic acids is 1. The Morgan fingerprint density at radius 3 is 2.52 bits per heavy atom. The molecule has 1 amide bonds. The summed E-state index contributed by atoms with van der Waals surface area (Å²) in [6.07, 6.45) is 1.59. The molecule has 21 heavy (non-hydrogen) atoms. The zero-order valence-electron chi connectivity index (χ0n) is 13.5. The van der Waals surface area contributed by atoms with Gasteiger partial charge in [-0.2, -0.15) is 0 Å². The molecule has 1 aliphatic rings. The summed E-state index contributed by atoms with van der Waals surface area (Å²) < 4.78 is 25.5. The molecule has 1 aliphatic carbocycles. The molecule has 3 atom stereocenters. The summed E-state index contributed by atoms with van der Waals surface area (Å²) in [6, 6.07) is 0.123. The van der Waals surface area contributed by atoms with Crippen LogP contribution >= 0.6 is 0 Å². The van der Waals surface area contributed by atoms with Crippen LogP contribution in [0.25, 0.3) is 0 Å². The monoisotopic (exact) mass is 319 g/mol. The van der Waals surface area contributed by atoms with Crippen LogP contribution in [0.3, 0.4) is 0 Å². The van der Waals surface area contributed by atoms with E-state index in [1.54, 1.807) is 6.92 Å². The van der Waals surface area contributed by atoms with Crippen LogP contribution in [0, 0.1) is 17.3 Å². The van der Waals surface area contributed by atoms with Crippen molar-refractivity contribution in [2.24, 2.45) is 23.0 Å². The third-order valence-corrected chi connectivity index (χ3v) is 6.32. The van der Waals surface area contributed by atoms with Crippen LogP contribution in [0.5, 0.6) is 0 Å². The van der Waals surface area contributed by atoms with Crippen molar-refractivity contribution in [3.8, 4) is 0 Å². The van der Waals surface area contributed by atoms with Crippen molar-refractivity contribution >= 4 is 15.9 Å². The maximum atomic E-state index is 12.3. The van der Waals surface area contributed by atoms with E-state index in [9.17, 15) is 13.2 Å². The van der Waals surface area contributed by atoms with Gasteiger partial charge in [-0.1, -0.05) is 27.7 Å². The minimum absolute atomic E-state index is 0.0644. The second kappa shape index (κ2) is 7.07. The van der Waals surface area contributed by atoms with E-state index < -0.39 is 10.0 Å². The lowest BCUT2D eigenvalue weighted by Gasteiger charge is -2.46. The van der Waals surface area contributed by atoms with Gasteiger partial charge in [-0.15, -0.1) is 0 Å². The van der Waals surface area contributed by atoms with Crippen molar-refractivity contribution in [1.82, 2.24) is 10.0 Å². The number of nitrogens with two attached hydrogens (primary N) is 1. The highest BCUT2D eigenvalue weighted by Crippen LogP contribution is 2.44. The predicted molar refractivity (Wildman–Crippen MR) is 84.1 cm³/mol. The molecule has 1 rings (SSSR count). The summed E-state index contributed by atoms with van der Waals surface area (Å²) in [4.78, 5) is 12.3. The molecule has 6 nitrogen and oxygen atoms in total. The van der Waals surface area contributed by atoms with Crippen LogP contribution in [0.4, 0.5) is 0 Å². The van der Waals surface area contributed by atoms with Gasteiger partial charge in [0.05, 0.1) is 5.75 Å². The molecule has 0 bridgehead atoms. The van der Waals surface area contributed by atoms with Crippen LogP contribution in [0.15, 0.2) is 0 Å². The molecule has 124 valence electrons. The molecule has 0 aromatic rings. The average Bonchev–Trinajstić information content (AvgIpc) is 2.35. The quantitative estimate of drug-likeness (QED) is 0.661. The summed E-state index contributed by atoms with van der Waals surface area (Å²) in [6.45, 7) is 8.44. The molecule has 0 saturated heterocycles. The van der Waals surface area contributed by atoms with Crippen molar-refractivity contribution in [2.45, 2.75) is 46.6 Å². The Balaban J connectivity index is 2.56. The normalized spacial score (nSPS) is 29.1. The third-order valence-electron chi connectivity index (χ3n) is 4.85. The van der Waals surface area contributed by atoms with E-state index in [1.807, 2.05) is 0 Å². The summed E-state index contributed by atoms with van der Waals surface area (Å²) in [5.41, 5.74) is 5.91. The number of nitrogens with one attached hydrogen (secondary N) is 2. The molecule has 0 heterocycles. The molecular weight excluding hydrogens is 290 g/mol. The van der Waals surface area contributed by atoms with Crippen molar-refractivity contribution in [2.75, 3.05) is 18.8 Å². The first-order valence-electron chi connectivity index (χ1n) is 7.62. The standard InChI is InChI=1S/C14H29N3O3S/c1-5-17-21(19,20)9-8-16-13(18)11-6-7-12(15)10(2)14(11,3)4/h10-12,17H,5-9,15H2,1-4H3,(H,16,18). The number of carbonyl (C=O) groups is 1. The molecule has 0 spiro atoms. The fourth-order valence-electron chi connectivity index (χ4n) is 3.04. The topological polar surface area (TPSA) is 101 Å². The van der Waals surface area contributed by atoms with Crippen LogP contribution in [-0.2, 0) is 14.8 Å². The van der Waals surface area contributed by atoms with Crippen molar-refractivity contribution < 1.29 is 13.2 Å². The van der Waals surface area contributed by atoms with Gasteiger partial charge < -0.3 is 11.1 Å². The highest BCUT2D eigenvalue weighted by atomic mass is 32.2. The highest BCUT2D eigenvalue weighted by Gasteiger charge is 2.44. The average molecular weight is 319 g/mol. The van der Waals surface area contributed by atoms with Crippen LogP contribution < -0.4 is 15.8 Å².